The highest BCUT2D eigenvalue weighted by atomic mass is 32.1. The summed E-state index contributed by atoms with van der Waals surface area (Å²) in [6, 6.07) is 2.07. The quantitative estimate of drug-likeness (QED) is 0.479. The van der Waals surface area contributed by atoms with E-state index in [4.69, 9.17) is 4.98 Å². The highest BCUT2D eigenvalue weighted by Crippen LogP contribution is 2.35. The van der Waals surface area contributed by atoms with Gasteiger partial charge < -0.3 is 14.8 Å². The minimum Gasteiger partial charge on any atom is -0.347 e. The predicted octanol–water partition coefficient (Wildman–Crippen LogP) is 3.74. The summed E-state index contributed by atoms with van der Waals surface area (Å²) in [5.41, 5.74) is 0.712. The molecule has 162 valence electrons. The Morgan fingerprint density at radius 3 is 2.84 bits per heavy atom. The van der Waals surface area contributed by atoms with E-state index in [-0.39, 0.29) is 18.9 Å². The predicted molar refractivity (Wildman–Crippen MR) is 109 cm³/mol. The zero-order valence-electron chi connectivity index (χ0n) is 16.4. The average Bonchev–Trinajstić information content (AvgIpc) is 3.45. The second kappa shape index (κ2) is 7.48. The van der Waals surface area contributed by atoms with Crippen LogP contribution in [0.15, 0.2) is 18.5 Å². The summed E-state index contributed by atoms with van der Waals surface area (Å²) in [5.74, 6) is 0.367. The molecular weight excluding hydrogens is 431 g/mol. The lowest BCUT2D eigenvalue weighted by molar-refractivity contribution is -0.147. The van der Waals surface area contributed by atoms with Crippen LogP contribution in [0.5, 0.6) is 0 Å². The summed E-state index contributed by atoms with van der Waals surface area (Å²) in [4.78, 5) is 13.3. The molecule has 0 saturated heterocycles. The van der Waals surface area contributed by atoms with Crippen molar-refractivity contribution in [2.75, 3.05) is 16.8 Å². The molecule has 0 bridgehead atoms. The van der Waals surface area contributed by atoms with Crippen LogP contribution in [0.1, 0.15) is 29.9 Å². The van der Waals surface area contributed by atoms with Gasteiger partial charge in [-0.05, 0) is 12.5 Å². The summed E-state index contributed by atoms with van der Waals surface area (Å²) < 4.78 is 40.7. The topological polar surface area (TPSA) is 100 Å². The van der Waals surface area contributed by atoms with Crippen LogP contribution in [0.2, 0.25) is 0 Å². The highest BCUT2D eigenvalue weighted by Gasteiger charge is 2.39. The maximum Gasteiger partial charge on any atom is 0.451 e. The Labute approximate surface area is 178 Å². The van der Waals surface area contributed by atoms with Gasteiger partial charge in [-0.1, -0.05) is 13.3 Å². The number of anilines is 3. The van der Waals surface area contributed by atoms with Crippen molar-refractivity contribution in [3.63, 3.8) is 0 Å². The number of rotatable bonds is 5. The molecule has 0 radical (unpaired) electrons. The first-order valence-electron chi connectivity index (χ1n) is 9.73. The van der Waals surface area contributed by atoms with Crippen molar-refractivity contribution in [2.24, 2.45) is 0 Å². The van der Waals surface area contributed by atoms with Gasteiger partial charge in [0.1, 0.15) is 10.6 Å². The molecule has 2 N–H and O–H groups in total. The molecule has 31 heavy (non-hydrogen) atoms. The number of H-pyrrole nitrogens is 1. The fraction of sp³-hybridized carbons (Fsp3) is 0.389. The molecule has 0 unspecified atom stereocenters. The van der Waals surface area contributed by atoms with E-state index >= 15 is 0 Å². The second-order valence-electron chi connectivity index (χ2n) is 7.18. The number of thiophene rings is 1. The van der Waals surface area contributed by atoms with Crippen LogP contribution in [-0.2, 0) is 25.7 Å². The van der Waals surface area contributed by atoms with Crippen molar-refractivity contribution < 1.29 is 13.2 Å². The number of alkyl halides is 3. The van der Waals surface area contributed by atoms with Crippen LogP contribution in [0.3, 0.4) is 0 Å². The fourth-order valence-corrected chi connectivity index (χ4v) is 4.74. The molecule has 0 atom stereocenters. The third-order valence-electron chi connectivity index (χ3n) is 4.98. The third-order valence-corrected chi connectivity index (χ3v) is 6.07. The van der Waals surface area contributed by atoms with Gasteiger partial charge in [0.25, 0.3) is 0 Å². The summed E-state index contributed by atoms with van der Waals surface area (Å²) in [7, 11) is 0. The molecule has 4 aromatic heterocycles. The lowest BCUT2D eigenvalue weighted by atomic mass is 10.2. The summed E-state index contributed by atoms with van der Waals surface area (Å²) >= 11 is 1.60. The molecule has 0 aliphatic carbocycles. The lowest BCUT2D eigenvalue weighted by Crippen LogP contribution is -2.36. The normalized spacial score (nSPS) is 14.3. The number of hydrogen-bond donors (Lipinski definition) is 2. The van der Waals surface area contributed by atoms with Gasteiger partial charge in [0.15, 0.2) is 5.82 Å². The van der Waals surface area contributed by atoms with Gasteiger partial charge in [-0.3, -0.25) is 5.10 Å². The summed E-state index contributed by atoms with van der Waals surface area (Å²) in [6.45, 7) is 2.77. The standard InChI is InChI=1S/C18H18F3N9S/c1-2-3-11-6-12-14(25-17(26-15(12)31-11)24-10-7-22-23-8-10)29-4-5-30-13(9-29)27-28-16(30)18(19,20)21/h6-8H,2-5,9H2,1H3,(H,22,23)(H,24,25,26). The smallest absolute Gasteiger partial charge is 0.347 e. The molecule has 0 fully saturated rings. The van der Waals surface area contributed by atoms with E-state index in [1.165, 1.54) is 4.88 Å². The third kappa shape index (κ3) is 3.69. The van der Waals surface area contributed by atoms with Gasteiger partial charge in [-0.2, -0.15) is 23.3 Å². The van der Waals surface area contributed by atoms with E-state index < -0.39 is 12.0 Å². The van der Waals surface area contributed by atoms with Gasteiger partial charge in [-0.15, -0.1) is 21.5 Å². The van der Waals surface area contributed by atoms with Crippen LogP contribution in [-0.4, -0.2) is 41.5 Å². The molecule has 9 nitrogen and oxygen atoms in total. The molecule has 5 rings (SSSR count). The molecule has 1 aliphatic rings. The minimum atomic E-state index is -4.53. The van der Waals surface area contributed by atoms with E-state index in [9.17, 15) is 13.2 Å². The molecule has 1 aliphatic heterocycles. The van der Waals surface area contributed by atoms with Crippen LogP contribution in [0, 0.1) is 0 Å². The van der Waals surface area contributed by atoms with E-state index in [1.54, 1.807) is 23.7 Å². The van der Waals surface area contributed by atoms with E-state index in [2.05, 4.69) is 43.7 Å². The average molecular weight is 449 g/mol. The Morgan fingerprint density at radius 2 is 2.10 bits per heavy atom. The number of fused-ring (bicyclic) bond motifs is 2. The van der Waals surface area contributed by atoms with Gasteiger partial charge in [0.05, 0.1) is 23.8 Å². The van der Waals surface area contributed by atoms with Crippen molar-refractivity contribution >= 4 is 39.0 Å². The van der Waals surface area contributed by atoms with Crippen molar-refractivity contribution in [3.8, 4) is 0 Å². The number of aromatic nitrogens is 7. The van der Waals surface area contributed by atoms with E-state index in [0.717, 1.165) is 27.6 Å². The van der Waals surface area contributed by atoms with Crippen LogP contribution >= 0.6 is 11.3 Å². The summed E-state index contributed by atoms with van der Waals surface area (Å²) in [5, 5.41) is 17.8. The van der Waals surface area contributed by atoms with Crippen LogP contribution in [0.4, 0.5) is 30.6 Å². The van der Waals surface area contributed by atoms with Gasteiger partial charge in [0, 0.05) is 24.2 Å². The lowest BCUT2D eigenvalue weighted by Gasteiger charge is -2.29. The molecule has 0 spiro atoms. The zero-order valence-corrected chi connectivity index (χ0v) is 17.3. The SMILES string of the molecule is CCCc1cc2c(N3CCn4c(nnc4C(F)(F)F)C3)nc(Nc3cn[nH]c3)nc2s1. The van der Waals surface area contributed by atoms with E-state index in [0.29, 0.717) is 24.0 Å². The largest absolute Gasteiger partial charge is 0.451 e. The van der Waals surface area contributed by atoms with Crippen LogP contribution < -0.4 is 10.2 Å². The Balaban J connectivity index is 1.54. The first kappa shape index (κ1) is 19.7. The summed E-state index contributed by atoms with van der Waals surface area (Å²) in [6.07, 6.45) is 0.703. The number of nitrogens with zero attached hydrogens (tertiary/aromatic N) is 7. The Bertz CT molecular complexity index is 1210. The molecule has 0 saturated carbocycles. The molecule has 13 heteroatoms. The number of halogens is 3. The second-order valence-corrected chi connectivity index (χ2v) is 8.29. The zero-order chi connectivity index (χ0) is 21.6. The van der Waals surface area contributed by atoms with Gasteiger partial charge in [0.2, 0.25) is 11.8 Å². The molecular formula is C18H18F3N9S. The molecule has 0 amide bonds. The number of hydrogen-bond acceptors (Lipinski definition) is 8. The molecule has 0 aromatic carbocycles. The molecule has 5 heterocycles. The van der Waals surface area contributed by atoms with Crippen molar-refractivity contribution in [1.29, 1.82) is 0 Å². The molecule has 4 aromatic rings. The monoisotopic (exact) mass is 449 g/mol. The number of aryl methyl sites for hydroxylation is 1. The number of aromatic amines is 1. The highest BCUT2D eigenvalue weighted by molar-refractivity contribution is 7.18. The number of nitrogens with one attached hydrogen (secondary N) is 2. The fourth-order valence-electron chi connectivity index (χ4n) is 3.62. The van der Waals surface area contributed by atoms with Gasteiger partial charge in [-0.25, -0.2) is 4.98 Å². The van der Waals surface area contributed by atoms with E-state index in [1.807, 2.05) is 4.90 Å². The van der Waals surface area contributed by atoms with Crippen molar-refractivity contribution in [1.82, 2.24) is 34.9 Å². The van der Waals surface area contributed by atoms with Crippen molar-refractivity contribution in [3.05, 3.63) is 35.0 Å². The maximum atomic E-state index is 13.2. The first-order valence-corrected chi connectivity index (χ1v) is 10.5. The first-order chi connectivity index (χ1) is 14.9. The Morgan fingerprint density at radius 1 is 1.23 bits per heavy atom. The van der Waals surface area contributed by atoms with Crippen molar-refractivity contribution in [2.45, 2.75) is 39.0 Å². The van der Waals surface area contributed by atoms with Crippen LogP contribution in [0.25, 0.3) is 10.2 Å². The minimum absolute atomic E-state index is 0.124. The maximum absolute atomic E-state index is 13.2. The Kier molecular flexibility index (Phi) is 4.76. The van der Waals surface area contributed by atoms with Gasteiger partial charge >= 0.3 is 6.18 Å². The Hall–Kier alpha value is -3.22.